The molecule has 1 saturated heterocycles. The molecule has 1 atom stereocenters. The zero-order chi connectivity index (χ0) is 23.7. The lowest BCUT2D eigenvalue weighted by atomic mass is 9.96. The Bertz CT molecular complexity index is 1190. The molecule has 2 amide bonds. The SMILES string of the molecule is O=C(Nc1ccc(S(=O)(=O)NC2CCCCC2)cc1)C1CC(=O)N(c2ccc3c(c2)OCO3)C1. The molecule has 9 nitrogen and oxygen atoms in total. The van der Waals surface area contributed by atoms with Crippen molar-refractivity contribution in [2.24, 2.45) is 5.92 Å². The summed E-state index contributed by atoms with van der Waals surface area (Å²) < 4.78 is 38.8. The topological polar surface area (TPSA) is 114 Å². The van der Waals surface area contributed by atoms with Gasteiger partial charge in [0.2, 0.25) is 28.6 Å². The minimum atomic E-state index is -3.60. The molecule has 2 N–H and O–H groups in total. The third-order valence-electron chi connectivity index (χ3n) is 6.52. The van der Waals surface area contributed by atoms with Crippen LogP contribution in [0.2, 0.25) is 0 Å². The number of nitrogens with zero attached hydrogens (tertiary/aromatic N) is 1. The van der Waals surface area contributed by atoms with Gasteiger partial charge in [-0.05, 0) is 49.2 Å². The number of amides is 2. The highest BCUT2D eigenvalue weighted by Gasteiger charge is 2.36. The number of hydrogen-bond acceptors (Lipinski definition) is 6. The summed E-state index contributed by atoms with van der Waals surface area (Å²) in [4.78, 5) is 27.1. The van der Waals surface area contributed by atoms with Crippen molar-refractivity contribution >= 4 is 33.2 Å². The highest BCUT2D eigenvalue weighted by Crippen LogP contribution is 2.37. The van der Waals surface area contributed by atoms with Crippen molar-refractivity contribution in [1.29, 1.82) is 0 Å². The number of fused-ring (bicyclic) bond motifs is 1. The zero-order valence-electron chi connectivity index (χ0n) is 18.7. The van der Waals surface area contributed by atoms with Crippen LogP contribution in [-0.4, -0.2) is 39.6 Å². The standard InChI is InChI=1S/C24H27N3O6S/c28-23-12-16(14-27(23)19-8-11-21-22(13-19)33-15-32-21)24(29)25-17-6-9-20(10-7-17)34(30,31)26-18-4-2-1-3-5-18/h6-11,13,16,18,26H,1-5,12,14-15H2,(H,25,29). The second kappa shape index (κ2) is 9.27. The quantitative estimate of drug-likeness (QED) is 0.650. The molecular weight excluding hydrogens is 458 g/mol. The largest absolute Gasteiger partial charge is 0.454 e. The van der Waals surface area contributed by atoms with Gasteiger partial charge in [-0.25, -0.2) is 13.1 Å². The van der Waals surface area contributed by atoms with Gasteiger partial charge in [-0.3, -0.25) is 9.59 Å². The maximum Gasteiger partial charge on any atom is 0.240 e. The molecule has 5 rings (SSSR count). The number of nitrogens with one attached hydrogen (secondary N) is 2. The summed E-state index contributed by atoms with van der Waals surface area (Å²) in [7, 11) is -3.60. The van der Waals surface area contributed by atoms with Crippen LogP contribution < -0.4 is 24.4 Å². The average molecular weight is 486 g/mol. The van der Waals surface area contributed by atoms with E-state index < -0.39 is 15.9 Å². The molecule has 1 aliphatic carbocycles. The minimum Gasteiger partial charge on any atom is -0.454 e. The van der Waals surface area contributed by atoms with Gasteiger partial charge >= 0.3 is 0 Å². The Hall–Kier alpha value is -3.11. The van der Waals surface area contributed by atoms with Gasteiger partial charge in [0, 0.05) is 36.4 Å². The average Bonchev–Trinajstić information content (AvgIpc) is 3.46. The van der Waals surface area contributed by atoms with E-state index in [1.54, 1.807) is 35.2 Å². The summed E-state index contributed by atoms with van der Waals surface area (Å²) >= 11 is 0. The number of ether oxygens (including phenoxy) is 2. The van der Waals surface area contributed by atoms with Crippen LogP contribution in [-0.2, 0) is 19.6 Å². The molecule has 2 aliphatic heterocycles. The van der Waals surface area contributed by atoms with Gasteiger partial charge in [-0.15, -0.1) is 0 Å². The first kappa shape index (κ1) is 22.7. The number of carbonyl (C=O) groups is 2. The van der Waals surface area contributed by atoms with Gasteiger partial charge in [0.05, 0.1) is 10.8 Å². The number of carbonyl (C=O) groups excluding carboxylic acids is 2. The summed E-state index contributed by atoms with van der Waals surface area (Å²) in [5.74, 6) is 0.256. The number of sulfonamides is 1. The fourth-order valence-corrected chi connectivity index (χ4v) is 5.96. The maximum atomic E-state index is 12.8. The van der Waals surface area contributed by atoms with E-state index in [9.17, 15) is 18.0 Å². The van der Waals surface area contributed by atoms with Gasteiger partial charge < -0.3 is 19.7 Å². The van der Waals surface area contributed by atoms with Crippen molar-refractivity contribution in [1.82, 2.24) is 4.72 Å². The normalized spacial score (nSPS) is 20.5. The number of hydrogen-bond donors (Lipinski definition) is 2. The molecule has 10 heteroatoms. The predicted octanol–water partition coefficient (Wildman–Crippen LogP) is 3.02. The number of anilines is 2. The summed E-state index contributed by atoms with van der Waals surface area (Å²) in [6.45, 7) is 0.399. The van der Waals surface area contributed by atoms with Crippen LogP contribution in [0.5, 0.6) is 11.5 Å². The van der Waals surface area contributed by atoms with Crippen molar-refractivity contribution in [2.45, 2.75) is 49.5 Å². The molecule has 34 heavy (non-hydrogen) atoms. The first-order valence-electron chi connectivity index (χ1n) is 11.5. The Morgan fingerprint density at radius 3 is 2.47 bits per heavy atom. The van der Waals surface area contributed by atoms with Gasteiger partial charge in [0.25, 0.3) is 0 Å². The second-order valence-electron chi connectivity index (χ2n) is 8.91. The van der Waals surface area contributed by atoms with E-state index in [2.05, 4.69) is 10.0 Å². The Morgan fingerprint density at radius 2 is 1.71 bits per heavy atom. The van der Waals surface area contributed by atoms with Crippen LogP contribution in [0, 0.1) is 5.92 Å². The lowest BCUT2D eigenvalue weighted by Crippen LogP contribution is -2.36. The molecule has 0 aromatic heterocycles. The Labute approximate surface area is 198 Å². The van der Waals surface area contributed by atoms with Crippen LogP contribution in [0.1, 0.15) is 38.5 Å². The Kier molecular flexibility index (Phi) is 6.18. The van der Waals surface area contributed by atoms with E-state index in [4.69, 9.17) is 9.47 Å². The fourth-order valence-electron chi connectivity index (χ4n) is 4.66. The summed E-state index contributed by atoms with van der Waals surface area (Å²) in [6.07, 6.45) is 5.03. The van der Waals surface area contributed by atoms with E-state index in [1.807, 2.05) is 0 Å². The van der Waals surface area contributed by atoms with E-state index in [1.165, 1.54) is 12.1 Å². The van der Waals surface area contributed by atoms with E-state index in [0.29, 0.717) is 22.9 Å². The van der Waals surface area contributed by atoms with E-state index in [-0.39, 0.29) is 42.5 Å². The minimum absolute atomic E-state index is 0.0225. The molecule has 2 heterocycles. The highest BCUT2D eigenvalue weighted by molar-refractivity contribution is 7.89. The molecule has 1 saturated carbocycles. The smallest absolute Gasteiger partial charge is 0.240 e. The van der Waals surface area contributed by atoms with Crippen LogP contribution in [0.4, 0.5) is 11.4 Å². The predicted molar refractivity (Wildman–Crippen MR) is 125 cm³/mol. The zero-order valence-corrected chi connectivity index (χ0v) is 19.5. The molecular formula is C24H27N3O6S. The number of rotatable bonds is 6. The van der Waals surface area contributed by atoms with Crippen molar-refractivity contribution in [3.8, 4) is 11.5 Å². The van der Waals surface area contributed by atoms with Crippen LogP contribution in [0.15, 0.2) is 47.4 Å². The lowest BCUT2D eigenvalue weighted by Gasteiger charge is -2.22. The summed E-state index contributed by atoms with van der Waals surface area (Å²) in [6, 6.07) is 11.3. The molecule has 0 bridgehead atoms. The molecule has 2 aromatic rings. The molecule has 2 aromatic carbocycles. The first-order chi connectivity index (χ1) is 16.4. The second-order valence-corrected chi connectivity index (χ2v) is 10.6. The van der Waals surface area contributed by atoms with Gasteiger partial charge in [-0.1, -0.05) is 19.3 Å². The monoisotopic (exact) mass is 485 g/mol. The van der Waals surface area contributed by atoms with E-state index >= 15 is 0 Å². The van der Waals surface area contributed by atoms with Crippen molar-refractivity contribution in [3.05, 3.63) is 42.5 Å². The highest BCUT2D eigenvalue weighted by atomic mass is 32.2. The van der Waals surface area contributed by atoms with Crippen LogP contribution >= 0.6 is 0 Å². The Balaban J connectivity index is 1.20. The maximum absolute atomic E-state index is 12.8. The van der Waals surface area contributed by atoms with Crippen molar-refractivity contribution in [2.75, 3.05) is 23.6 Å². The van der Waals surface area contributed by atoms with Gasteiger partial charge in [-0.2, -0.15) is 0 Å². The third kappa shape index (κ3) is 4.74. The van der Waals surface area contributed by atoms with Gasteiger partial charge in [0.15, 0.2) is 11.5 Å². The van der Waals surface area contributed by atoms with Crippen molar-refractivity contribution < 1.29 is 27.5 Å². The van der Waals surface area contributed by atoms with Gasteiger partial charge in [0.1, 0.15) is 0 Å². The van der Waals surface area contributed by atoms with Crippen LogP contribution in [0.3, 0.4) is 0 Å². The Morgan fingerprint density at radius 1 is 0.971 bits per heavy atom. The fraction of sp³-hybridized carbons (Fsp3) is 0.417. The molecule has 3 aliphatic rings. The van der Waals surface area contributed by atoms with Crippen molar-refractivity contribution in [3.63, 3.8) is 0 Å². The molecule has 1 unspecified atom stereocenters. The first-order valence-corrected chi connectivity index (χ1v) is 13.0. The lowest BCUT2D eigenvalue weighted by molar-refractivity contribution is -0.122. The van der Waals surface area contributed by atoms with E-state index in [0.717, 1.165) is 32.1 Å². The molecule has 2 fully saturated rings. The third-order valence-corrected chi connectivity index (χ3v) is 8.06. The molecule has 180 valence electrons. The summed E-state index contributed by atoms with van der Waals surface area (Å²) in [5.41, 5.74) is 1.14. The molecule has 0 radical (unpaired) electrons. The van der Waals surface area contributed by atoms with Crippen LogP contribution in [0.25, 0.3) is 0 Å². The number of benzene rings is 2. The summed E-state index contributed by atoms with van der Waals surface area (Å²) in [5, 5.41) is 2.80. The molecule has 0 spiro atoms.